The van der Waals surface area contributed by atoms with Gasteiger partial charge in [-0.05, 0) is 73.6 Å². The van der Waals surface area contributed by atoms with Crippen LogP contribution >= 0.6 is 0 Å². The van der Waals surface area contributed by atoms with Gasteiger partial charge in [-0.25, -0.2) is 4.98 Å². The zero-order valence-electron chi connectivity index (χ0n) is 23.7. The Morgan fingerprint density at radius 1 is 1.12 bits per heavy atom. The Morgan fingerprint density at radius 3 is 2.60 bits per heavy atom. The highest BCUT2D eigenvalue weighted by molar-refractivity contribution is 6.00. The maximum Gasteiger partial charge on any atom is 0.264 e. The SMILES string of the molecule is CC1(/C=C(\C#N)C(=O)N2CCC[C@@H](n3nc(-c4ccc(Oc5ccccc5)cc4)c4c(N)nccc43)C2)CCOCC1. The molecule has 2 aliphatic heterocycles. The van der Waals surface area contributed by atoms with Crippen LogP contribution in [0.2, 0.25) is 0 Å². The molecule has 0 radical (unpaired) electrons. The first kappa shape index (κ1) is 27.5. The minimum atomic E-state index is -0.221. The van der Waals surface area contributed by atoms with Crippen molar-refractivity contribution in [2.45, 2.75) is 38.6 Å². The molecule has 2 saturated heterocycles. The van der Waals surface area contributed by atoms with Crippen LogP contribution < -0.4 is 10.5 Å². The van der Waals surface area contributed by atoms with Crippen molar-refractivity contribution in [3.05, 3.63) is 78.5 Å². The number of nitriles is 1. The number of amides is 1. The summed E-state index contributed by atoms with van der Waals surface area (Å²) in [6.45, 7) is 4.43. The molecule has 2 aromatic carbocycles. The number of nitrogens with two attached hydrogens (primary N) is 1. The van der Waals surface area contributed by atoms with E-state index in [2.05, 4.69) is 18.0 Å². The third-order valence-electron chi connectivity index (χ3n) is 8.26. The molecule has 2 aromatic heterocycles. The van der Waals surface area contributed by atoms with Crippen molar-refractivity contribution in [1.82, 2.24) is 19.7 Å². The molecule has 2 fully saturated rings. The Hall–Kier alpha value is -4.68. The minimum absolute atomic E-state index is 0.0694. The predicted molar refractivity (Wildman–Crippen MR) is 161 cm³/mol. The number of fused-ring (bicyclic) bond motifs is 1. The van der Waals surface area contributed by atoms with Crippen molar-refractivity contribution in [2.24, 2.45) is 5.41 Å². The maximum atomic E-state index is 13.6. The fourth-order valence-corrected chi connectivity index (χ4v) is 5.88. The maximum absolute atomic E-state index is 13.6. The number of hydrogen-bond donors (Lipinski definition) is 1. The van der Waals surface area contributed by atoms with Crippen LogP contribution in [0.4, 0.5) is 5.82 Å². The lowest BCUT2D eigenvalue weighted by Gasteiger charge is -2.34. The lowest BCUT2D eigenvalue weighted by Crippen LogP contribution is -2.41. The van der Waals surface area contributed by atoms with Gasteiger partial charge in [0.25, 0.3) is 5.91 Å². The summed E-state index contributed by atoms with van der Waals surface area (Å²) in [6.07, 6.45) is 6.80. The van der Waals surface area contributed by atoms with E-state index in [4.69, 9.17) is 20.3 Å². The molecule has 9 nitrogen and oxygen atoms in total. The molecular formula is C33H34N6O3. The average molecular weight is 563 g/mol. The second kappa shape index (κ2) is 11.7. The summed E-state index contributed by atoms with van der Waals surface area (Å²) < 4.78 is 13.4. The zero-order chi connectivity index (χ0) is 29.1. The summed E-state index contributed by atoms with van der Waals surface area (Å²) in [5.41, 5.74) is 8.88. The van der Waals surface area contributed by atoms with Crippen molar-refractivity contribution in [1.29, 1.82) is 5.26 Å². The van der Waals surface area contributed by atoms with Crippen molar-refractivity contribution in [2.75, 3.05) is 32.0 Å². The van der Waals surface area contributed by atoms with E-state index in [9.17, 15) is 10.1 Å². The first-order valence-electron chi connectivity index (χ1n) is 14.4. The van der Waals surface area contributed by atoms with Gasteiger partial charge >= 0.3 is 0 Å². The van der Waals surface area contributed by atoms with E-state index in [1.807, 2.05) is 71.4 Å². The average Bonchev–Trinajstić information content (AvgIpc) is 3.42. The van der Waals surface area contributed by atoms with Crippen molar-refractivity contribution >= 4 is 22.6 Å². The Balaban J connectivity index is 1.27. The summed E-state index contributed by atoms with van der Waals surface area (Å²) in [6, 6.07) is 21.4. The lowest BCUT2D eigenvalue weighted by molar-refractivity contribution is -0.128. The van der Waals surface area contributed by atoms with Gasteiger partial charge < -0.3 is 20.1 Å². The van der Waals surface area contributed by atoms with Gasteiger partial charge in [0.05, 0.1) is 16.9 Å². The molecule has 1 atom stereocenters. The van der Waals surface area contributed by atoms with Crippen LogP contribution in [0.5, 0.6) is 11.5 Å². The third kappa shape index (κ3) is 5.58. The van der Waals surface area contributed by atoms with E-state index < -0.39 is 0 Å². The number of carbonyl (C=O) groups is 1. The summed E-state index contributed by atoms with van der Waals surface area (Å²) in [4.78, 5) is 19.7. The molecule has 9 heteroatoms. The van der Waals surface area contributed by atoms with Crippen molar-refractivity contribution in [3.63, 3.8) is 0 Å². The van der Waals surface area contributed by atoms with Gasteiger partial charge in [-0.2, -0.15) is 10.4 Å². The fraction of sp³-hybridized carbons (Fsp3) is 0.333. The molecule has 2 N–H and O–H groups in total. The Labute approximate surface area is 245 Å². The third-order valence-corrected chi connectivity index (χ3v) is 8.26. The topological polar surface area (TPSA) is 119 Å². The van der Waals surface area contributed by atoms with Crippen LogP contribution in [-0.4, -0.2) is 51.9 Å². The fourth-order valence-electron chi connectivity index (χ4n) is 5.88. The Kier molecular flexibility index (Phi) is 7.64. The second-order valence-electron chi connectivity index (χ2n) is 11.3. The number of pyridine rings is 1. The predicted octanol–water partition coefficient (Wildman–Crippen LogP) is 5.90. The largest absolute Gasteiger partial charge is 0.457 e. The second-order valence-corrected chi connectivity index (χ2v) is 11.3. The highest BCUT2D eigenvalue weighted by atomic mass is 16.5. The molecule has 6 rings (SSSR count). The molecule has 2 aliphatic rings. The molecular weight excluding hydrogens is 528 g/mol. The molecule has 42 heavy (non-hydrogen) atoms. The number of rotatable bonds is 6. The highest BCUT2D eigenvalue weighted by Crippen LogP contribution is 2.37. The quantitative estimate of drug-likeness (QED) is 0.229. The van der Waals surface area contributed by atoms with Crippen LogP contribution in [-0.2, 0) is 9.53 Å². The number of likely N-dealkylation sites (tertiary alicyclic amines) is 1. The Morgan fingerprint density at radius 2 is 1.86 bits per heavy atom. The van der Waals surface area contributed by atoms with Gasteiger partial charge in [-0.1, -0.05) is 31.2 Å². The van der Waals surface area contributed by atoms with E-state index in [0.717, 1.165) is 59.3 Å². The minimum Gasteiger partial charge on any atom is -0.457 e. The van der Waals surface area contributed by atoms with Gasteiger partial charge in [0.2, 0.25) is 0 Å². The zero-order valence-corrected chi connectivity index (χ0v) is 23.7. The molecule has 1 amide bonds. The number of carbonyl (C=O) groups excluding carboxylic acids is 1. The highest BCUT2D eigenvalue weighted by Gasteiger charge is 2.32. The first-order chi connectivity index (χ1) is 20.4. The van der Waals surface area contributed by atoms with Gasteiger partial charge in [-0.3, -0.25) is 9.48 Å². The first-order valence-corrected chi connectivity index (χ1v) is 14.4. The van der Waals surface area contributed by atoms with Gasteiger partial charge in [0.1, 0.15) is 34.7 Å². The molecule has 0 unspecified atom stereocenters. The molecule has 0 saturated carbocycles. The number of nitrogens with zero attached hydrogens (tertiary/aromatic N) is 5. The van der Waals surface area contributed by atoms with Gasteiger partial charge in [-0.15, -0.1) is 0 Å². The van der Waals surface area contributed by atoms with Gasteiger partial charge in [0.15, 0.2) is 0 Å². The molecule has 214 valence electrons. The number of hydrogen-bond acceptors (Lipinski definition) is 7. The number of aromatic nitrogens is 3. The molecule has 0 spiro atoms. The molecule has 0 aliphatic carbocycles. The van der Waals surface area contributed by atoms with Crippen LogP contribution in [0.15, 0.2) is 78.5 Å². The number of piperidine rings is 1. The number of benzene rings is 2. The van der Waals surface area contributed by atoms with Crippen LogP contribution in [0, 0.1) is 16.7 Å². The summed E-state index contributed by atoms with van der Waals surface area (Å²) >= 11 is 0. The molecule has 4 aromatic rings. The standard InChI is InChI=1S/C33H34N6O3/c1-33(14-18-41-19-15-33)20-24(21-34)32(40)38-17-5-6-25(22-38)39-28-13-16-36-31(35)29(28)30(37-39)23-9-11-27(12-10-23)42-26-7-3-2-4-8-26/h2-4,7-13,16,20,25H,5-6,14-15,17-19,22H2,1H3,(H2,35,36)/b24-20+/t25-/m1/s1. The summed E-state index contributed by atoms with van der Waals surface area (Å²) in [7, 11) is 0. The van der Waals surface area contributed by atoms with Crippen molar-refractivity contribution < 1.29 is 14.3 Å². The smallest absolute Gasteiger partial charge is 0.264 e. The number of ether oxygens (including phenoxy) is 2. The number of para-hydroxylation sites is 1. The monoisotopic (exact) mass is 562 g/mol. The summed E-state index contributed by atoms with van der Waals surface area (Å²) in [5, 5.41) is 15.7. The molecule has 4 heterocycles. The summed E-state index contributed by atoms with van der Waals surface area (Å²) in [5.74, 6) is 1.67. The lowest BCUT2D eigenvalue weighted by atomic mass is 9.80. The van der Waals surface area contributed by atoms with Gasteiger partial charge in [0, 0.05) is 38.1 Å². The molecule has 0 bridgehead atoms. The number of allylic oxidation sites excluding steroid dienone is 1. The Bertz CT molecular complexity index is 1650. The van der Waals surface area contributed by atoms with E-state index in [1.165, 1.54) is 0 Å². The van der Waals surface area contributed by atoms with E-state index in [1.54, 1.807) is 11.1 Å². The van der Waals surface area contributed by atoms with Crippen LogP contribution in [0.1, 0.15) is 38.6 Å². The van der Waals surface area contributed by atoms with Crippen LogP contribution in [0.25, 0.3) is 22.2 Å². The van der Waals surface area contributed by atoms with Crippen molar-refractivity contribution in [3.8, 4) is 28.8 Å². The van der Waals surface area contributed by atoms with E-state index in [-0.39, 0.29) is 22.9 Å². The van der Waals surface area contributed by atoms with E-state index in [0.29, 0.717) is 32.1 Å². The van der Waals surface area contributed by atoms with Crippen LogP contribution in [0.3, 0.4) is 0 Å². The number of nitrogen functional groups attached to an aromatic ring is 1. The van der Waals surface area contributed by atoms with E-state index >= 15 is 0 Å². The normalized spacial score (nSPS) is 18.9. The number of anilines is 1.